The van der Waals surface area contributed by atoms with Gasteiger partial charge in [-0.25, -0.2) is 0 Å². The summed E-state index contributed by atoms with van der Waals surface area (Å²) in [4.78, 5) is 10.5. The van der Waals surface area contributed by atoms with E-state index >= 15 is 0 Å². The molecule has 1 aromatic rings. The van der Waals surface area contributed by atoms with Crippen LogP contribution >= 0.6 is 11.6 Å². The van der Waals surface area contributed by atoms with Gasteiger partial charge in [-0.2, -0.15) is 0 Å². The zero-order valence-corrected chi connectivity index (χ0v) is 11.5. The van der Waals surface area contributed by atoms with E-state index < -0.39 is 0 Å². The molecule has 0 atom stereocenters. The number of hydrogen-bond acceptors (Lipinski definition) is 2. The number of rotatable bonds is 10. The van der Waals surface area contributed by atoms with Gasteiger partial charge in [0.2, 0.25) is 5.24 Å². The average molecular weight is 269 g/mol. The van der Waals surface area contributed by atoms with Crippen molar-refractivity contribution < 1.29 is 9.53 Å². The standard InChI is InChI=1S/C15H21ClO2/c16-15(17)11-7-2-1-3-8-12-18-13-14-9-5-4-6-10-14/h4-6,9-10H,1-3,7-8,11-13H2. The lowest BCUT2D eigenvalue weighted by Crippen LogP contribution is -1.95. The van der Waals surface area contributed by atoms with E-state index in [0.717, 1.165) is 38.7 Å². The third-order valence-corrected chi connectivity index (χ3v) is 2.96. The van der Waals surface area contributed by atoms with Gasteiger partial charge in [-0.05, 0) is 30.0 Å². The van der Waals surface area contributed by atoms with Crippen LogP contribution in [-0.2, 0) is 16.1 Å². The largest absolute Gasteiger partial charge is 0.377 e. The predicted molar refractivity (Wildman–Crippen MR) is 74.7 cm³/mol. The maximum absolute atomic E-state index is 10.5. The van der Waals surface area contributed by atoms with Crippen LogP contribution in [-0.4, -0.2) is 11.8 Å². The number of carbonyl (C=O) groups excluding carboxylic acids is 1. The van der Waals surface area contributed by atoms with Gasteiger partial charge >= 0.3 is 0 Å². The maximum Gasteiger partial charge on any atom is 0.221 e. The molecule has 0 heterocycles. The van der Waals surface area contributed by atoms with E-state index in [4.69, 9.17) is 16.3 Å². The van der Waals surface area contributed by atoms with Crippen molar-refractivity contribution >= 4 is 16.8 Å². The Morgan fingerprint density at radius 3 is 2.39 bits per heavy atom. The van der Waals surface area contributed by atoms with E-state index in [9.17, 15) is 4.79 Å². The summed E-state index contributed by atoms with van der Waals surface area (Å²) in [7, 11) is 0. The van der Waals surface area contributed by atoms with Crippen molar-refractivity contribution in [1.82, 2.24) is 0 Å². The number of hydrogen-bond donors (Lipinski definition) is 0. The van der Waals surface area contributed by atoms with E-state index in [1.807, 2.05) is 18.2 Å². The van der Waals surface area contributed by atoms with Gasteiger partial charge < -0.3 is 4.74 Å². The first-order valence-corrected chi connectivity index (χ1v) is 6.97. The van der Waals surface area contributed by atoms with Crippen LogP contribution in [0.15, 0.2) is 30.3 Å². The molecule has 100 valence electrons. The molecule has 2 nitrogen and oxygen atoms in total. The maximum atomic E-state index is 10.5. The molecular weight excluding hydrogens is 248 g/mol. The van der Waals surface area contributed by atoms with E-state index in [-0.39, 0.29) is 5.24 Å². The minimum Gasteiger partial charge on any atom is -0.377 e. The summed E-state index contributed by atoms with van der Waals surface area (Å²) in [6, 6.07) is 10.2. The Morgan fingerprint density at radius 1 is 1.00 bits per heavy atom. The second-order valence-corrected chi connectivity index (χ2v) is 4.83. The summed E-state index contributed by atoms with van der Waals surface area (Å²) in [6.07, 6.45) is 5.89. The van der Waals surface area contributed by atoms with Crippen LogP contribution in [0.5, 0.6) is 0 Å². The summed E-state index contributed by atoms with van der Waals surface area (Å²) in [6.45, 7) is 1.50. The van der Waals surface area contributed by atoms with Gasteiger partial charge in [0.1, 0.15) is 0 Å². The summed E-state index contributed by atoms with van der Waals surface area (Å²) < 4.78 is 5.59. The van der Waals surface area contributed by atoms with E-state index in [2.05, 4.69) is 12.1 Å². The zero-order chi connectivity index (χ0) is 13.1. The van der Waals surface area contributed by atoms with Gasteiger partial charge in [0.15, 0.2) is 0 Å². The van der Waals surface area contributed by atoms with Crippen LogP contribution in [0, 0.1) is 0 Å². The third-order valence-electron chi connectivity index (χ3n) is 2.77. The van der Waals surface area contributed by atoms with E-state index in [0.29, 0.717) is 13.0 Å². The molecule has 0 aromatic heterocycles. The molecule has 0 saturated carbocycles. The first-order chi connectivity index (χ1) is 8.79. The molecule has 1 rings (SSSR count). The highest BCUT2D eigenvalue weighted by molar-refractivity contribution is 6.63. The molecular formula is C15H21ClO2. The van der Waals surface area contributed by atoms with Crippen molar-refractivity contribution in [1.29, 1.82) is 0 Å². The second-order valence-electron chi connectivity index (χ2n) is 4.41. The monoisotopic (exact) mass is 268 g/mol. The number of benzene rings is 1. The molecule has 0 amide bonds. The smallest absolute Gasteiger partial charge is 0.221 e. The quantitative estimate of drug-likeness (QED) is 0.467. The summed E-state index contributed by atoms with van der Waals surface area (Å²) in [5, 5.41) is -0.221. The van der Waals surface area contributed by atoms with Crippen LogP contribution in [0.2, 0.25) is 0 Å². The Labute approximate surface area is 114 Å². The molecule has 0 bridgehead atoms. The van der Waals surface area contributed by atoms with Gasteiger partial charge in [-0.15, -0.1) is 0 Å². The predicted octanol–water partition coefficient (Wildman–Crippen LogP) is 4.31. The molecule has 0 unspecified atom stereocenters. The fraction of sp³-hybridized carbons (Fsp3) is 0.533. The molecule has 3 heteroatoms. The van der Waals surface area contributed by atoms with Gasteiger partial charge in [0.05, 0.1) is 6.61 Å². The van der Waals surface area contributed by atoms with Crippen LogP contribution in [0.25, 0.3) is 0 Å². The van der Waals surface area contributed by atoms with Crippen molar-refractivity contribution in [2.24, 2.45) is 0 Å². The molecule has 0 aliphatic rings. The first-order valence-electron chi connectivity index (χ1n) is 6.59. The lowest BCUT2D eigenvalue weighted by Gasteiger charge is -2.04. The van der Waals surface area contributed by atoms with E-state index in [1.54, 1.807) is 0 Å². The second kappa shape index (κ2) is 10.1. The highest BCUT2D eigenvalue weighted by Gasteiger charge is 1.96. The normalized spacial score (nSPS) is 10.5. The fourth-order valence-electron chi connectivity index (χ4n) is 1.76. The molecule has 0 radical (unpaired) electrons. The Kier molecular flexibility index (Phi) is 8.53. The van der Waals surface area contributed by atoms with Crippen LogP contribution in [0.1, 0.15) is 44.1 Å². The van der Waals surface area contributed by atoms with Crippen molar-refractivity contribution in [2.45, 2.75) is 45.1 Å². The molecule has 0 fully saturated rings. The Morgan fingerprint density at radius 2 is 1.67 bits per heavy atom. The average Bonchev–Trinajstić information content (AvgIpc) is 2.37. The van der Waals surface area contributed by atoms with Crippen LogP contribution in [0.3, 0.4) is 0 Å². The van der Waals surface area contributed by atoms with Crippen molar-refractivity contribution in [3.63, 3.8) is 0 Å². The van der Waals surface area contributed by atoms with Crippen molar-refractivity contribution in [2.75, 3.05) is 6.61 Å². The highest BCUT2D eigenvalue weighted by atomic mass is 35.5. The summed E-state index contributed by atoms with van der Waals surface area (Å²) >= 11 is 5.26. The number of carbonyl (C=O) groups is 1. The minimum atomic E-state index is -0.221. The minimum absolute atomic E-state index is 0.221. The first kappa shape index (κ1) is 15.2. The number of halogens is 1. The molecule has 0 N–H and O–H groups in total. The molecule has 18 heavy (non-hydrogen) atoms. The molecule has 0 aliphatic carbocycles. The molecule has 1 aromatic carbocycles. The van der Waals surface area contributed by atoms with Crippen molar-refractivity contribution in [3.8, 4) is 0 Å². The Bertz CT molecular complexity index is 325. The van der Waals surface area contributed by atoms with Gasteiger partial charge in [0.25, 0.3) is 0 Å². The lowest BCUT2D eigenvalue weighted by atomic mass is 10.1. The third kappa shape index (κ3) is 8.26. The van der Waals surface area contributed by atoms with Crippen LogP contribution < -0.4 is 0 Å². The molecule has 0 aliphatic heterocycles. The summed E-state index contributed by atoms with van der Waals surface area (Å²) in [5.41, 5.74) is 1.22. The highest BCUT2D eigenvalue weighted by Crippen LogP contribution is 2.07. The van der Waals surface area contributed by atoms with Crippen molar-refractivity contribution in [3.05, 3.63) is 35.9 Å². The topological polar surface area (TPSA) is 26.3 Å². The fourth-order valence-corrected chi connectivity index (χ4v) is 1.90. The summed E-state index contributed by atoms with van der Waals surface area (Å²) in [5.74, 6) is 0. The molecule has 0 spiro atoms. The van der Waals surface area contributed by atoms with Gasteiger partial charge in [-0.3, -0.25) is 4.79 Å². The SMILES string of the molecule is O=C(Cl)CCCCCCCOCc1ccccc1. The van der Waals surface area contributed by atoms with E-state index in [1.165, 1.54) is 5.56 Å². The zero-order valence-electron chi connectivity index (χ0n) is 10.7. The van der Waals surface area contributed by atoms with Crippen LogP contribution in [0.4, 0.5) is 0 Å². The number of ether oxygens (including phenoxy) is 1. The molecule has 0 saturated heterocycles. The van der Waals surface area contributed by atoms with Gasteiger partial charge in [-0.1, -0.05) is 49.6 Å². The Balaban J connectivity index is 1.86. The number of unbranched alkanes of at least 4 members (excludes halogenated alkanes) is 4. The lowest BCUT2D eigenvalue weighted by molar-refractivity contribution is -0.111. The Hall–Kier alpha value is -0.860. The van der Waals surface area contributed by atoms with Gasteiger partial charge in [0, 0.05) is 13.0 Å².